The Balaban J connectivity index is 1.88. The van der Waals surface area contributed by atoms with Crippen LogP contribution in [0.5, 0.6) is 0 Å². The standard InChI is InChI=1S/C17H14O2/c18-17-7-6-15-14(2-1-3-16(15)17)11-4-5-12-9-19-10-13(12)8-11/h1-5,8H,6-7,9-10H2. The lowest BCUT2D eigenvalue weighted by Gasteiger charge is -2.09. The maximum atomic E-state index is 11.8. The van der Waals surface area contributed by atoms with Crippen molar-refractivity contribution in [1.82, 2.24) is 0 Å². The number of hydrogen-bond acceptors (Lipinski definition) is 2. The van der Waals surface area contributed by atoms with Gasteiger partial charge in [-0.15, -0.1) is 0 Å². The molecule has 0 atom stereocenters. The highest BCUT2D eigenvalue weighted by Crippen LogP contribution is 2.34. The zero-order valence-electron chi connectivity index (χ0n) is 10.6. The van der Waals surface area contributed by atoms with Crippen LogP contribution in [0.2, 0.25) is 0 Å². The molecule has 0 radical (unpaired) electrons. The molecule has 2 aromatic carbocycles. The Morgan fingerprint density at radius 2 is 1.74 bits per heavy atom. The van der Waals surface area contributed by atoms with Crippen molar-refractivity contribution < 1.29 is 9.53 Å². The van der Waals surface area contributed by atoms with Gasteiger partial charge >= 0.3 is 0 Å². The Hall–Kier alpha value is -1.93. The molecular weight excluding hydrogens is 236 g/mol. The van der Waals surface area contributed by atoms with Crippen LogP contribution < -0.4 is 0 Å². The van der Waals surface area contributed by atoms with Crippen molar-refractivity contribution in [2.45, 2.75) is 26.1 Å². The maximum absolute atomic E-state index is 11.8. The van der Waals surface area contributed by atoms with Crippen molar-refractivity contribution in [2.75, 3.05) is 0 Å². The molecule has 0 spiro atoms. The predicted octanol–water partition coefficient (Wildman–Crippen LogP) is 3.51. The molecule has 0 unspecified atom stereocenters. The van der Waals surface area contributed by atoms with Gasteiger partial charge in [-0.25, -0.2) is 0 Å². The van der Waals surface area contributed by atoms with Crippen molar-refractivity contribution in [3.05, 3.63) is 58.7 Å². The van der Waals surface area contributed by atoms with Crippen molar-refractivity contribution in [2.24, 2.45) is 0 Å². The molecule has 1 aliphatic carbocycles. The van der Waals surface area contributed by atoms with Crippen LogP contribution >= 0.6 is 0 Å². The van der Waals surface area contributed by atoms with E-state index in [4.69, 9.17) is 4.74 Å². The Bertz CT molecular complexity index is 686. The van der Waals surface area contributed by atoms with E-state index in [-0.39, 0.29) is 5.78 Å². The summed E-state index contributed by atoms with van der Waals surface area (Å²) in [5, 5.41) is 0. The highest BCUT2D eigenvalue weighted by Gasteiger charge is 2.22. The van der Waals surface area contributed by atoms with E-state index in [0.29, 0.717) is 13.0 Å². The Labute approximate surface area is 112 Å². The Morgan fingerprint density at radius 3 is 2.68 bits per heavy atom. The second-order valence-corrected chi connectivity index (χ2v) is 5.23. The van der Waals surface area contributed by atoms with E-state index in [0.717, 1.165) is 18.6 Å². The fourth-order valence-electron chi connectivity index (χ4n) is 3.10. The lowest BCUT2D eigenvalue weighted by Crippen LogP contribution is -1.93. The predicted molar refractivity (Wildman–Crippen MR) is 73.0 cm³/mol. The molecule has 94 valence electrons. The number of hydrogen-bond donors (Lipinski definition) is 0. The first-order valence-corrected chi connectivity index (χ1v) is 6.68. The van der Waals surface area contributed by atoms with Gasteiger partial charge in [-0.05, 0) is 40.3 Å². The molecular formula is C17H14O2. The second-order valence-electron chi connectivity index (χ2n) is 5.23. The first kappa shape index (κ1) is 10.9. The topological polar surface area (TPSA) is 26.3 Å². The van der Waals surface area contributed by atoms with E-state index in [9.17, 15) is 4.79 Å². The SMILES string of the molecule is O=C1CCc2c1cccc2-c1ccc2c(c1)COC2. The van der Waals surface area contributed by atoms with Crippen LogP contribution in [-0.4, -0.2) is 5.78 Å². The van der Waals surface area contributed by atoms with Crippen LogP contribution in [0.15, 0.2) is 36.4 Å². The van der Waals surface area contributed by atoms with Crippen LogP contribution in [0.1, 0.15) is 33.5 Å². The van der Waals surface area contributed by atoms with Crippen molar-refractivity contribution in [3.8, 4) is 11.1 Å². The summed E-state index contributed by atoms with van der Waals surface area (Å²) in [6.45, 7) is 1.43. The van der Waals surface area contributed by atoms with Gasteiger partial charge in [0.25, 0.3) is 0 Å². The van der Waals surface area contributed by atoms with E-state index >= 15 is 0 Å². The number of ketones is 1. The van der Waals surface area contributed by atoms with Gasteiger partial charge in [0.15, 0.2) is 5.78 Å². The molecule has 0 amide bonds. The molecule has 2 heteroatoms. The van der Waals surface area contributed by atoms with Crippen LogP contribution in [0, 0.1) is 0 Å². The molecule has 4 rings (SSSR count). The van der Waals surface area contributed by atoms with Crippen LogP contribution in [-0.2, 0) is 24.4 Å². The Morgan fingerprint density at radius 1 is 0.895 bits per heavy atom. The summed E-state index contributed by atoms with van der Waals surface area (Å²) >= 11 is 0. The molecule has 19 heavy (non-hydrogen) atoms. The summed E-state index contributed by atoms with van der Waals surface area (Å²) in [6, 6.07) is 12.6. The lowest BCUT2D eigenvalue weighted by atomic mass is 9.94. The first-order chi connectivity index (χ1) is 9.33. The largest absolute Gasteiger partial charge is 0.372 e. The molecule has 0 saturated heterocycles. The summed E-state index contributed by atoms with van der Waals surface area (Å²) in [5.74, 6) is 0.279. The third kappa shape index (κ3) is 1.64. The van der Waals surface area contributed by atoms with Gasteiger partial charge in [0.05, 0.1) is 13.2 Å². The zero-order chi connectivity index (χ0) is 12.8. The van der Waals surface area contributed by atoms with Gasteiger partial charge in [-0.3, -0.25) is 4.79 Å². The lowest BCUT2D eigenvalue weighted by molar-refractivity contribution is 0.0994. The molecule has 0 fully saturated rings. The molecule has 1 aliphatic heterocycles. The normalized spacial score (nSPS) is 16.5. The quantitative estimate of drug-likeness (QED) is 0.774. The van der Waals surface area contributed by atoms with Gasteiger partial charge in [0.2, 0.25) is 0 Å². The van der Waals surface area contributed by atoms with E-state index in [1.165, 1.54) is 27.8 Å². The molecule has 0 saturated carbocycles. The average molecular weight is 250 g/mol. The van der Waals surface area contributed by atoms with Crippen molar-refractivity contribution >= 4 is 5.78 Å². The van der Waals surface area contributed by atoms with Gasteiger partial charge in [-0.2, -0.15) is 0 Å². The average Bonchev–Trinajstić information content (AvgIpc) is 3.05. The van der Waals surface area contributed by atoms with Gasteiger partial charge in [0, 0.05) is 12.0 Å². The summed E-state index contributed by atoms with van der Waals surface area (Å²) < 4.78 is 5.46. The van der Waals surface area contributed by atoms with Crippen molar-refractivity contribution in [3.63, 3.8) is 0 Å². The third-order valence-electron chi connectivity index (χ3n) is 4.11. The highest BCUT2D eigenvalue weighted by atomic mass is 16.5. The number of carbonyl (C=O) groups is 1. The molecule has 0 N–H and O–H groups in total. The van der Waals surface area contributed by atoms with E-state index in [2.05, 4.69) is 24.3 Å². The minimum absolute atomic E-state index is 0.279. The number of benzene rings is 2. The molecule has 2 aromatic rings. The summed E-state index contributed by atoms with van der Waals surface area (Å²) in [7, 11) is 0. The Kier molecular flexibility index (Phi) is 2.32. The van der Waals surface area contributed by atoms with Crippen LogP contribution in [0.3, 0.4) is 0 Å². The van der Waals surface area contributed by atoms with Gasteiger partial charge in [-0.1, -0.05) is 30.3 Å². The summed E-state index contributed by atoms with van der Waals surface area (Å²) in [5.41, 5.74) is 7.10. The second kappa shape index (κ2) is 4.04. The summed E-state index contributed by atoms with van der Waals surface area (Å²) in [4.78, 5) is 11.8. The molecule has 0 bridgehead atoms. The molecule has 2 nitrogen and oxygen atoms in total. The van der Waals surface area contributed by atoms with Gasteiger partial charge in [0.1, 0.15) is 0 Å². The van der Waals surface area contributed by atoms with E-state index in [1.54, 1.807) is 0 Å². The molecule has 2 aliphatic rings. The highest BCUT2D eigenvalue weighted by molar-refractivity contribution is 6.02. The van der Waals surface area contributed by atoms with Crippen LogP contribution in [0.4, 0.5) is 0 Å². The fourth-order valence-corrected chi connectivity index (χ4v) is 3.10. The number of rotatable bonds is 1. The number of carbonyl (C=O) groups excluding carboxylic acids is 1. The number of fused-ring (bicyclic) bond motifs is 2. The number of Topliss-reactive ketones (excluding diaryl/α,β-unsaturated/α-hetero) is 1. The summed E-state index contributed by atoms with van der Waals surface area (Å²) in [6.07, 6.45) is 1.53. The minimum atomic E-state index is 0.279. The molecule has 1 heterocycles. The minimum Gasteiger partial charge on any atom is -0.372 e. The van der Waals surface area contributed by atoms with E-state index < -0.39 is 0 Å². The monoisotopic (exact) mass is 250 g/mol. The van der Waals surface area contributed by atoms with Gasteiger partial charge < -0.3 is 4.74 Å². The molecule has 0 aromatic heterocycles. The smallest absolute Gasteiger partial charge is 0.163 e. The van der Waals surface area contributed by atoms with Crippen molar-refractivity contribution in [1.29, 1.82) is 0 Å². The van der Waals surface area contributed by atoms with Crippen LogP contribution in [0.25, 0.3) is 11.1 Å². The fraction of sp³-hybridized carbons (Fsp3) is 0.235. The van der Waals surface area contributed by atoms with E-state index in [1.807, 2.05) is 12.1 Å². The number of ether oxygens (including phenoxy) is 1. The zero-order valence-corrected chi connectivity index (χ0v) is 10.6. The maximum Gasteiger partial charge on any atom is 0.163 e. The third-order valence-corrected chi connectivity index (χ3v) is 4.11. The first-order valence-electron chi connectivity index (χ1n) is 6.68.